The zero-order chi connectivity index (χ0) is 16.0. The number of aryl methyl sites for hydroxylation is 1. The third-order valence-electron chi connectivity index (χ3n) is 3.59. The molecule has 3 heterocycles. The lowest BCUT2D eigenvalue weighted by Gasteiger charge is -2.12. The van der Waals surface area contributed by atoms with Crippen molar-refractivity contribution in [3.8, 4) is 0 Å². The highest BCUT2D eigenvalue weighted by Crippen LogP contribution is 2.24. The van der Waals surface area contributed by atoms with E-state index in [0.717, 1.165) is 24.8 Å². The third-order valence-corrected chi connectivity index (χ3v) is 5.86. The van der Waals surface area contributed by atoms with Crippen LogP contribution in [0.2, 0.25) is 0 Å². The van der Waals surface area contributed by atoms with Gasteiger partial charge in [0.2, 0.25) is 11.6 Å². The van der Waals surface area contributed by atoms with Crippen LogP contribution in [-0.4, -0.2) is 14.5 Å². The van der Waals surface area contributed by atoms with Crippen LogP contribution in [0.1, 0.15) is 16.8 Å². The molecule has 2 N–H and O–H groups in total. The highest BCUT2D eigenvalue weighted by Gasteiger charge is 2.18. The number of rotatable bonds is 2. The standard InChI is InChI=1S/C14H13BrIN5O/c1-7-5-21(22)10(8(2)11(7)16)6-20-4-3-9-12(15)18-14(17)19-13(9)20/h3-5H,6H2,1-2H3,(H2,17,18,19). The minimum absolute atomic E-state index is 0.199. The average molecular weight is 474 g/mol. The highest BCUT2D eigenvalue weighted by atomic mass is 127. The number of nitrogens with zero attached hydrogens (tertiary/aromatic N) is 4. The molecule has 8 heteroatoms. The molecule has 3 aromatic rings. The van der Waals surface area contributed by atoms with Crippen molar-refractivity contribution in [2.75, 3.05) is 5.73 Å². The number of halogens is 2. The molecule has 0 aliphatic carbocycles. The number of anilines is 1. The van der Waals surface area contributed by atoms with E-state index in [9.17, 15) is 5.21 Å². The van der Waals surface area contributed by atoms with Crippen molar-refractivity contribution in [1.82, 2.24) is 14.5 Å². The Labute approximate surface area is 149 Å². The Kier molecular flexibility index (Phi) is 3.98. The molecule has 0 fully saturated rings. The maximum Gasteiger partial charge on any atom is 0.223 e. The van der Waals surface area contributed by atoms with Crippen LogP contribution in [0, 0.1) is 22.6 Å². The van der Waals surface area contributed by atoms with Crippen LogP contribution in [0.3, 0.4) is 0 Å². The smallest absolute Gasteiger partial charge is 0.223 e. The minimum atomic E-state index is 0.199. The van der Waals surface area contributed by atoms with Crippen molar-refractivity contribution in [1.29, 1.82) is 0 Å². The van der Waals surface area contributed by atoms with E-state index in [-0.39, 0.29) is 5.95 Å². The molecular formula is C14H13BrIN5O. The van der Waals surface area contributed by atoms with Gasteiger partial charge in [0.1, 0.15) is 16.8 Å². The fourth-order valence-corrected chi connectivity index (χ4v) is 3.36. The number of hydrogen-bond donors (Lipinski definition) is 1. The van der Waals surface area contributed by atoms with Crippen LogP contribution in [0.4, 0.5) is 5.95 Å². The van der Waals surface area contributed by atoms with Gasteiger partial charge < -0.3 is 15.5 Å². The van der Waals surface area contributed by atoms with Crippen molar-refractivity contribution >= 4 is 55.5 Å². The van der Waals surface area contributed by atoms with E-state index in [1.807, 2.05) is 30.7 Å². The summed E-state index contributed by atoms with van der Waals surface area (Å²) in [5.41, 5.74) is 9.07. The van der Waals surface area contributed by atoms with Crippen LogP contribution in [0.5, 0.6) is 0 Å². The monoisotopic (exact) mass is 473 g/mol. The zero-order valence-electron chi connectivity index (χ0n) is 12.0. The lowest BCUT2D eigenvalue weighted by atomic mass is 10.1. The number of hydrogen-bond acceptors (Lipinski definition) is 4. The Morgan fingerprint density at radius 2 is 2.14 bits per heavy atom. The summed E-state index contributed by atoms with van der Waals surface area (Å²) in [6, 6.07) is 1.91. The second-order valence-corrected chi connectivity index (χ2v) is 6.91. The molecule has 0 radical (unpaired) electrons. The van der Waals surface area contributed by atoms with E-state index in [0.29, 0.717) is 22.5 Å². The maximum atomic E-state index is 12.2. The summed E-state index contributed by atoms with van der Waals surface area (Å²) in [5, 5.41) is 13.1. The SMILES string of the molecule is Cc1c[n+]([O-])c(Cn2ccc3c(Br)nc(N)nc32)c(C)c1I. The molecule has 0 aliphatic rings. The van der Waals surface area contributed by atoms with Gasteiger partial charge in [0.15, 0.2) is 6.20 Å². The first-order chi connectivity index (χ1) is 10.4. The van der Waals surface area contributed by atoms with Crippen LogP contribution in [0.15, 0.2) is 23.1 Å². The van der Waals surface area contributed by atoms with Crippen LogP contribution < -0.4 is 10.5 Å². The summed E-state index contributed by atoms with van der Waals surface area (Å²) < 4.78 is 4.59. The van der Waals surface area contributed by atoms with Crippen LogP contribution >= 0.6 is 38.5 Å². The van der Waals surface area contributed by atoms with E-state index in [2.05, 4.69) is 48.5 Å². The van der Waals surface area contributed by atoms with Crippen molar-refractivity contribution in [2.45, 2.75) is 20.4 Å². The van der Waals surface area contributed by atoms with Gasteiger partial charge in [0.05, 0.1) is 5.39 Å². The minimum Gasteiger partial charge on any atom is -0.618 e. The fourth-order valence-electron chi connectivity index (χ4n) is 2.42. The number of fused-ring (bicyclic) bond motifs is 1. The van der Waals surface area contributed by atoms with Gasteiger partial charge in [-0.05, 0) is 58.4 Å². The Morgan fingerprint density at radius 1 is 1.41 bits per heavy atom. The topological polar surface area (TPSA) is 83.7 Å². The zero-order valence-corrected chi connectivity index (χ0v) is 15.7. The Morgan fingerprint density at radius 3 is 2.86 bits per heavy atom. The molecule has 0 saturated heterocycles. The normalized spacial score (nSPS) is 11.3. The summed E-state index contributed by atoms with van der Waals surface area (Å²) in [6.07, 6.45) is 3.49. The summed E-state index contributed by atoms with van der Waals surface area (Å²) in [7, 11) is 0. The largest absolute Gasteiger partial charge is 0.618 e. The van der Waals surface area contributed by atoms with Gasteiger partial charge in [-0.1, -0.05) is 0 Å². The van der Waals surface area contributed by atoms with Crippen molar-refractivity contribution in [3.05, 3.63) is 48.7 Å². The molecule has 0 unspecified atom stereocenters. The first-order valence-corrected chi connectivity index (χ1v) is 8.41. The molecule has 3 aromatic heterocycles. The van der Waals surface area contributed by atoms with Gasteiger partial charge >= 0.3 is 0 Å². The first kappa shape index (κ1) is 15.5. The number of aromatic nitrogens is 4. The molecular weight excluding hydrogens is 461 g/mol. The van der Waals surface area contributed by atoms with Gasteiger partial charge in [-0.3, -0.25) is 0 Å². The molecule has 0 aliphatic heterocycles. The van der Waals surface area contributed by atoms with E-state index in [4.69, 9.17) is 5.73 Å². The molecule has 6 nitrogen and oxygen atoms in total. The summed E-state index contributed by atoms with van der Waals surface area (Å²) in [6.45, 7) is 4.32. The molecule has 0 bridgehead atoms. The van der Waals surface area contributed by atoms with Gasteiger partial charge in [-0.25, -0.2) is 4.98 Å². The molecule has 0 saturated carbocycles. The quantitative estimate of drug-likeness (QED) is 0.268. The van der Waals surface area contributed by atoms with Gasteiger partial charge in [-0.15, -0.1) is 0 Å². The summed E-state index contributed by atoms with van der Waals surface area (Å²) in [5.74, 6) is 0.199. The van der Waals surface area contributed by atoms with E-state index in [1.54, 1.807) is 6.20 Å². The molecule has 0 spiro atoms. The lowest BCUT2D eigenvalue weighted by Crippen LogP contribution is -2.35. The second kappa shape index (κ2) is 5.65. The van der Waals surface area contributed by atoms with Gasteiger partial charge in [0.25, 0.3) is 0 Å². The Balaban J connectivity index is 2.14. The second-order valence-electron chi connectivity index (χ2n) is 5.08. The molecule has 0 amide bonds. The fraction of sp³-hybridized carbons (Fsp3) is 0.214. The average Bonchev–Trinajstić information content (AvgIpc) is 2.84. The lowest BCUT2D eigenvalue weighted by molar-refractivity contribution is -0.615. The molecule has 0 atom stereocenters. The Hall–Kier alpha value is -1.42. The van der Waals surface area contributed by atoms with Crippen LogP contribution in [0.25, 0.3) is 11.0 Å². The predicted octanol–water partition coefficient (Wildman–Crippen LogP) is 2.68. The maximum absolute atomic E-state index is 12.2. The molecule has 114 valence electrons. The Bertz CT molecular complexity index is 893. The summed E-state index contributed by atoms with van der Waals surface area (Å²) >= 11 is 5.65. The number of pyridine rings is 1. The van der Waals surface area contributed by atoms with Crippen molar-refractivity contribution in [2.24, 2.45) is 0 Å². The molecule has 3 rings (SSSR count). The van der Waals surface area contributed by atoms with E-state index in [1.165, 1.54) is 0 Å². The highest BCUT2D eigenvalue weighted by molar-refractivity contribution is 14.1. The van der Waals surface area contributed by atoms with Crippen molar-refractivity contribution < 1.29 is 4.73 Å². The molecule has 0 aromatic carbocycles. The number of nitrogen functional groups attached to an aromatic ring is 1. The van der Waals surface area contributed by atoms with E-state index < -0.39 is 0 Å². The predicted molar refractivity (Wildman–Crippen MR) is 96.3 cm³/mol. The van der Waals surface area contributed by atoms with Crippen LogP contribution in [-0.2, 0) is 6.54 Å². The third kappa shape index (κ3) is 2.54. The first-order valence-electron chi connectivity index (χ1n) is 6.54. The van der Waals surface area contributed by atoms with Gasteiger partial charge in [-0.2, -0.15) is 9.71 Å². The summed E-state index contributed by atoms with van der Waals surface area (Å²) in [4.78, 5) is 8.36. The number of nitrogens with two attached hydrogens (primary N) is 1. The van der Waals surface area contributed by atoms with E-state index >= 15 is 0 Å². The van der Waals surface area contributed by atoms with Crippen molar-refractivity contribution in [3.63, 3.8) is 0 Å². The molecule has 22 heavy (non-hydrogen) atoms. The van der Waals surface area contributed by atoms with Gasteiger partial charge in [0, 0.05) is 20.9 Å².